The molecule has 0 atom stereocenters. The summed E-state index contributed by atoms with van der Waals surface area (Å²) < 4.78 is 86.4. The van der Waals surface area contributed by atoms with Crippen LogP contribution in [0.15, 0.2) is 140 Å². The van der Waals surface area contributed by atoms with E-state index in [2.05, 4.69) is 40.7 Å². The van der Waals surface area contributed by atoms with Gasteiger partial charge in [-0.15, -0.1) is 0 Å². The SMILES string of the molecule is [2H]c1c([2H])c(C([2H])([2H])[2H])c([2H])c([2H])c1-c1ccnc(-c2cc(-c3cccc4c3nc(-c3cc(C(C)C)cc(C(C)C)c3O)n4-c3ccc(-c4ccccc4)c(C([2H])([2H])[2H])c3)cc(C(C)(C)C)c2)c1. The Hall–Kier alpha value is -6.26. The molecular weight excluding hydrogens is 707 g/mol. The molecule has 8 rings (SSSR count). The maximum Gasteiger partial charge on any atom is 0.149 e. The summed E-state index contributed by atoms with van der Waals surface area (Å²) in [5.74, 6) is 0.632. The van der Waals surface area contributed by atoms with E-state index in [0.717, 1.165) is 33.4 Å². The maximum atomic E-state index is 12.2. The number of rotatable bonds is 8. The number of aromatic nitrogens is 3. The van der Waals surface area contributed by atoms with Gasteiger partial charge in [0.15, 0.2) is 0 Å². The minimum atomic E-state index is -2.84. The van der Waals surface area contributed by atoms with Gasteiger partial charge in [-0.2, -0.15) is 0 Å². The fraction of sp³-hybridized carbons (Fsp3) is 0.222. The van der Waals surface area contributed by atoms with E-state index >= 15 is 0 Å². The molecular formula is C54H53N3O. The lowest BCUT2D eigenvalue weighted by Crippen LogP contribution is -2.11. The monoisotopic (exact) mass is 769 g/mol. The third-order valence-electron chi connectivity index (χ3n) is 10.8. The Morgan fingerprint density at radius 2 is 1.43 bits per heavy atom. The van der Waals surface area contributed by atoms with Gasteiger partial charge in [0.1, 0.15) is 11.6 Å². The van der Waals surface area contributed by atoms with E-state index in [1.807, 2.05) is 103 Å². The quantitative estimate of drug-likeness (QED) is 0.167. The summed E-state index contributed by atoms with van der Waals surface area (Å²) in [4.78, 5) is 10.1. The molecule has 4 heteroatoms. The highest BCUT2D eigenvalue weighted by Gasteiger charge is 2.25. The van der Waals surface area contributed by atoms with Crippen LogP contribution >= 0.6 is 0 Å². The van der Waals surface area contributed by atoms with Gasteiger partial charge in [0.05, 0.1) is 27.8 Å². The molecule has 0 saturated carbocycles. The molecule has 2 heterocycles. The number of fused-ring (bicyclic) bond motifs is 1. The third-order valence-corrected chi connectivity index (χ3v) is 10.8. The number of pyridine rings is 1. The smallest absolute Gasteiger partial charge is 0.149 e. The van der Waals surface area contributed by atoms with Gasteiger partial charge in [-0.1, -0.05) is 139 Å². The van der Waals surface area contributed by atoms with Crippen LogP contribution in [0.25, 0.3) is 72.7 Å². The van der Waals surface area contributed by atoms with Gasteiger partial charge in [-0.05, 0) is 130 Å². The molecule has 2 aromatic heterocycles. The highest BCUT2D eigenvalue weighted by atomic mass is 16.3. The topological polar surface area (TPSA) is 50.9 Å². The molecule has 0 aliphatic rings. The van der Waals surface area contributed by atoms with Crippen molar-refractivity contribution >= 4 is 11.0 Å². The fourth-order valence-electron chi connectivity index (χ4n) is 7.50. The Kier molecular flexibility index (Phi) is 7.41. The number of phenolic OH excluding ortho intramolecular Hbond substituents is 1. The Balaban J connectivity index is 1.40. The first-order valence-electron chi connectivity index (χ1n) is 24.7. The zero-order chi connectivity index (χ0) is 49.4. The zero-order valence-corrected chi connectivity index (χ0v) is 33.9. The van der Waals surface area contributed by atoms with E-state index in [0.29, 0.717) is 50.5 Å². The van der Waals surface area contributed by atoms with Crippen LogP contribution in [-0.4, -0.2) is 19.6 Å². The average Bonchev–Trinajstić information content (AvgIpc) is 3.67. The molecule has 58 heavy (non-hydrogen) atoms. The van der Waals surface area contributed by atoms with E-state index in [1.54, 1.807) is 18.2 Å². The van der Waals surface area contributed by atoms with Crippen molar-refractivity contribution in [1.29, 1.82) is 0 Å². The van der Waals surface area contributed by atoms with Crippen molar-refractivity contribution in [2.24, 2.45) is 0 Å². The molecule has 8 aromatic rings. The van der Waals surface area contributed by atoms with Crippen LogP contribution in [0.4, 0.5) is 0 Å². The predicted molar refractivity (Wildman–Crippen MR) is 244 cm³/mol. The van der Waals surface area contributed by atoms with Gasteiger partial charge >= 0.3 is 0 Å². The van der Waals surface area contributed by atoms with Crippen molar-refractivity contribution in [2.75, 3.05) is 0 Å². The van der Waals surface area contributed by atoms with E-state index in [4.69, 9.17) is 23.7 Å². The number of imidazole rings is 1. The Labute approximate surface area is 358 Å². The summed E-state index contributed by atoms with van der Waals surface area (Å²) in [6.45, 7) is 9.26. The van der Waals surface area contributed by atoms with E-state index in [-0.39, 0.29) is 34.1 Å². The minimum absolute atomic E-state index is 0.0177. The Morgan fingerprint density at radius 1 is 0.655 bits per heavy atom. The molecule has 6 aromatic carbocycles. The standard InChI is InChI=1S/C54H53N3O/c1-33(2)40-30-47(34(3)4)52(58)48(31-40)53-56-51-46(16-13-17-50(51)57(53)44-22-23-45(36(6)26-44)38-14-11-10-12-15-38)41-27-42(29-43(28-41)54(7,8)9)49-32-39(24-25-55-49)37-20-18-35(5)19-21-37/h10-34,58H,1-9H3/i5D3,6D3,18D,19D,20D,21D. The molecule has 290 valence electrons. The van der Waals surface area contributed by atoms with Crippen molar-refractivity contribution in [3.8, 4) is 67.5 Å². The first-order chi connectivity index (χ1) is 31.9. The van der Waals surface area contributed by atoms with Crippen molar-refractivity contribution in [2.45, 2.75) is 79.4 Å². The van der Waals surface area contributed by atoms with Gasteiger partial charge in [0.25, 0.3) is 0 Å². The highest BCUT2D eigenvalue weighted by Crippen LogP contribution is 2.43. The summed E-state index contributed by atoms with van der Waals surface area (Å²) in [6, 6.07) is 32.0. The number of hydrogen-bond donors (Lipinski definition) is 1. The lowest BCUT2D eigenvalue weighted by atomic mass is 9.83. The second-order valence-electron chi connectivity index (χ2n) is 16.6. The van der Waals surface area contributed by atoms with Gasteiger partial charge in [-0.3, -0.25) is 9.55 Å². The number of hydrogen-bond acceptors (Lipinski definition) is 3. The normalized spacial score (nSPS) is 14.8. The van der Waals surface area contributed by atoms with Gasteiger partial charge in [-0.25, -0.2) is 4.98 Å². The van der Waals surface area contributed by atoms with Crippen LogP contribution in [0.1, 0.15) is 102 Å². The van der Waals surface area contributed by atoms with Gasteiger partial charge in [0.2, 0.25) is 0 Å². The number of para-hydroxylation sites is 1. The number of aryl methyl sites for hydroxylation is 1. The summed E-state index contributed by atoms with van der Waals surface area (Å²) >= 11 is 0. The van der Waals surface area contributed by atoms with E-state index < -0.39 is 43.4 Å². The number of phenols is 1. The van der Waals surface area contributed by atoms with Crippen LogP contribution in [0.2, 0.25) is 0 Å². The lowest BCUT2D eigenvalue weighted by Gasteiger charge is -2.22. The zero-order valence-electron chi connectivity index (χ0n) is 43.9. The van der Waals surface area contributed by atoms with Crippen LogP contribution in [0, 0.1) is 13.7 Å². The van der Waals surface area contributed by atoms with Gasteiger partial charge in [0, 0.05) is 31.2 Å². The van der Waals surface area contributed by atoms with Crippen LogP contribution in [0.5, 0.6) is 5.75 Å². The molecule has 0 unspecified atom stereocenters. The second-order valence-corrected chi connectivity index (χ2v) is 16.6. The minimum Gasteiger partial charge on any atom is -0.507 e. The number of nitrogens with zero attached hydrogens (tertiary/aromatic N) is 3. The fourth-order valence-corrected chi connectivity index (χ4v) is 7.50. The molecule has 0 fully saturated rings. The molecule has 0 aliphatic heterocycles. The molecule has 0 saturated heterocycles. The lowest BCUT2D eigenvalue weighted by molar-refractivity contribution is 0.466. The summed E-state index contributed by atoms with van der Waals surface area (Å²) in [5.41, 5.74) is 8.66. The summed E-state index contributed by atoms with van der Waals surface area (Å²) in [7, 11) is 0. The molecule has 0 radical (unpaired) electrons. The largest absolute Gasteiger partial charge is 0.507 e. The predicted octanol–water partition coefficient (Wildman–Crippen LogP) is 14.6. The number of aromatic hydroxyl groups is 1. The van der Waals surface area contributed by atoms with Crippen molar-refractivity contribution < 1.29 is 18.8 Å². The van der Waals surface area contributed by atoms with Crippen LogP contribution < -0.4 is 0 Å². The Bertz CT molecular complexity index is 3220. The van der Waals surface area contributed by atoms with Gasteiger partial charge < -0.3 is 5.11 Å². The second kappa shape index (κ2) is 15.2. The van der Waals surface area contributed by atoms with Crippen molar-refractivity contribution in [1.82, 2.24) is 14.5 Å². The Morgan fingerprint density at radius 3 is 2.14 bits per heavy atom. The van der Waals surface area contributed by atoms with E-state index in [1.165, 1.54) is 6.20 Å². The van der Waals surface area contributed by atoms with Crippen molar-refractivity contribution in [3.05, 3.63) is 167 Å². The van der Waals surface area contributed by atoms with Crippen LogP contribution in [0.3, 0.4) is 0 Å². The molecule has 0 bridgehead atoms. The highest BCUT2D eigenvalue weighted by molar-refractivity contribution is 5.97. The summed E-state index contributed by atoms with van der Waals surface area (Å²) in [5, 5.41) is 12.2. The molecule has 0 amide bonds. The molecule has 1 N–H and O–H groups in total. The van der Waals surface area contributed by atoms with Crippen molar-refractivity contribution in [3.63, 3.8) is 0 Å². The first kappa shape index (κ1) is 28.2. The average molecular weight is 770 g/mol. The molecule has 0 aliphatic carbocycles. The third kappa shape index (κ3) is 7.36. The van der Waals surface area contributed by atoms with Crippen LogP contribution in [-0.2, 0) is 5.41 Å². The summed E-state index contributed by atoms with van der Waals surface area (Å²) in [6.07, 6.45) is 1.53. The maximum absolute atomic E-state index is 12.2. The number of benzene rings is 6. The molecule has 4 nitrogen and oxygen atoms in total. The van der Waals surface area contributed by atoms with E-state index in [9.17, 15) is 5.11 Å². The first-order valence-corrected chi connectivity index (χ1v) is 19.7. The molecule has 0 spiro atoms.